The molecule has 3 rings (SSSR count). The highest BCUT2D eigenvalue weighted by molar-refractivity contribution is 7.17. The predicted molar refractivity (Wildman–Crippen MR) is 111 cm³/mol. The van der Waals surface area contributed by atoms with Gasteiger partial charge in [-0.25, -0.2) is 4.98 Å². The first-order chi connectivity index (χ1) is 13.1. The lowest BCUT2D eigenvalue weighted by atomic mass is 10.1. The Balaban J connectivity index is 1.58. The third-order valence-electron chi connectivity index (χ3n) is 4.43. The molecule has 0 aliphatic heterocycles. The number of thiazole rings is 1. The Labute approximate surface area is 164 Å². The minimum atomic E-state index is -0.0468. The molecule has 2 aromatic carbocycles. The van der Waals surface area contributed by atoms with E-state index in [9.17, 15) is 4.79 Å². The molecule has 1 heterocycles. The number of methoxy groups -OCH3 is 1. The zero-order valence-electron chi connectivity index (χ0n) is 15.9. The molecule has 0 saturated heterocycles. The Bertz CT molecular complexity index is 888. The van der Waals surface area contributed by atoms with Crippen molar-refractivity contribution in [1.29, 1.82) is 0 Å². The van der Waals surface area contributed by atoms with Gasteiger partial charge in [0.2, 0.25) is 0 Å². The quantitative estimate of drug-likeness (QED) is 0.636. The lowest BCUT2D eigenvalue weighted by molar-refractivity contribution is 0.0942. The van der Waals surface area contributed by atoms with E-state index in [1.165, 1.54) is 16.9 Å². The van der Waals surface area contributed by atoms with E-state index in [0.29, 0.717) is 4.88 Å². The van der Waals surface area contributed by atoms with Crippen LogP contribution >= 0.6 is 11.3 Å². The molecule has 1 amide bonds. The van der Waals surface area contributed by atoms with Crippen LogP contribution in [0.1, 0.15) is 34.3 Å². The fourth-order valence-electron chi connectivity index (χ4n) is 2.85. The van der Waals surface area contributed by atoms with Gasteiger partial charge in [-0.2, -0.15) is 0 Å². The summed E-state index contributed by atoms with van der Waals surface area (Å²) in [6, 6.07) is 18.1. The molecule has 0 spiro atoms. The number of nitrogens with one attached hydrogen (secondary N) is 1. The van der Waals surface area contributed by atoms with E-state index in [0.717, 1.165) is 34.9 Å². The third kappa shape index (κ3) is 4.95. The van der Waals surface area contributed by atoms with Gasteiger partial charge in [0.25, 0.3) is 5.91 Å². The number of benzene rings is 2. The second-order valence-corrected chi connectivity index (χ2v) is 7.56. The van der Waals surface area contributed by atoms with E-state index in [2.05, 4.69) is 22.4 Å². The zero-order valence-corrected chi connectivity index (χ0v) is 16.7. The molecular formula is C22H24N2O2S. The van der Waals surface area contributed by atoms with Crippen LogP contribution in [0.5, 0.6) is 5.75 Å². The number of aryl methyl sites for hydroxylation is 2. The highest BCUT2D eigenvalue weighted by atomic mass is 32.1. The number of nitrogens with zero attached hydrogens (tertiary/aromatic N) is 1. The van der Waals surface area contributed by atoms with Crippen LogP contribution in [0.2, 0.25) is 0 Å². The summed E-state index contributed by atoms with van der Waals surface area (Å²) < 4.78 is 5.18. The lowest BCUT2D eigenvalue weighted by Gasteiger charge is -2.13. The van der Waals surface area contributed by atoms with Gasteiger partial charge >= 0.3 is 0 Å². The van der Waals surface area contributed by atoms with Gasteiger partial charge in [0.15, 0.2) is 0 Å². The molecule has 0 bridgehead atoms. The molecule has 4 nitrogen and oxygen atoms in total. The molecule has 1 atom stereocenters. The SMILES string of the molecule is COc1ccc(CCC(C)NC(=O)c2sc(-c3ccccc3)nc2C)cc1. The van der Waals surface area contributed by atoms with Gasteiger partial charge in [0.1, 0.15) is 15.6 Å². The molecule has 0 saturated carbocycles. The van der Waals surface area contributed by atoms with Crippen LogP contribution in [-0.2, 0) is 6.42 Å². The van der Waals surface area contributed by atoms with Gasteiger partial charge in [-0.15, -0.1) is 11.3 Å². The van der Waals surface area contributed by atoms with E-state index in [1.807, 2.05) is 56.3 Å². The Kier molecular flexibility index (Phi) is 6.24. The van der Waals surface area contributed by atoms with Crippen molar-refractivity contribution in [2.75, 3.05) is 7.11 Å². The molecule has 5 heteroatoms. The Morgan fingerprint density at radius 1 is 1.15 bits per heavy atom. The summed E-state index contributed by atoms with van der Waals surface area (Å²) in [5.41, 5.74) is 3.05. The molecule has 0 radical (unpaired) electrons. The van der Waals surface area contributed by atoms with Crippen LogP contribution in [0.25, 0.3) is 10.6 Å². The van der Waals surface area contributed by atoms with Gasteiger partial charge in [-0.1, -0.05) is 42.5 Å². The minimum absolute atomic E-state index is 0.0468. The molecule has 0 aliphatic carbocycles. The summed E-state index contributed by atoms with van der Waals surface area (Å²) >= 11 is 1.44. The van der Waals surface area contributed by atoms with Crippen LogP contribution in [0.15, 0.2) is 54.6 Å². The van der Waals surface area contributed by atoms with Crippen LogP contribution < -0.4 is 10.1 Å². The largest absolute Gasteiger partial charge is 0.497 e. The first-order valence-electron chi connectivity index (χ1n) is 9.03. The van der Waals surface area contributed by atoms with Crippen LogP contribution in [0.4, 0.5) is 0 Å². The smallest absolute Gasteiger partial charge is 0.263 e. The van der Waals surface area contributed by atoms with E-state index < -0.39 is 0 Å². The number of aromatic nitrogens is 1. The lowest BCUT2D eigenvalue weighted by Crippen LogP contribution is -2.32. The molecule has 1 unspecified atom stereocenters. The fraction of sp³-hybridized carbons (Fsp3) is 0.273. The molecule has 27 heavy (non-hydrogen) atoms. The molecule has 1 aromatic heterocycles. The fourth-order valence-corrected chi connectivity index (χ4v) is 3.82. The summed E-state index contributed by atoms with van der Waals surface area (Å²) in [6.45, 7) is 3.93. The van der Waals surface area contributed by atoms with Crippen molar-refractivity contribution in [3.05, 3.63) is 70.7 Å². The predicted octanol–water partition coefficient (Wildman–Crippen LogP) is 4.88. The molecule has 3 aromatic rings. The Morgan fingerprint density at radius 2 is 1.85 bits per heavy atom. The van der Waals surface area contributed by atoms with Crippen LogP contribution in [-0.4, -0.2) is 24.0 Å². The number of ether oxygens (including phenoxy) is 1. The summed E-state index contributed by atoms with van der Waals surface area (Å²) in [4.78, 5) is 17.9. The number of amides is 1. The molecule has 140 valence electrons. The van der Waals surface area contributed by atoms with Crippen molar-refractivity contribution in [3.8, 4) is 16.3 Å². The minimum Gasteiger partial charge on any atom is -0.497 e. The first kappa shape index (κ1) is 19.1. The number of hydrogen-bond acceptors (Lipinski definition) is 4. The monoisotopic (exact) mass is 380 g/mol. The Morgan fingerprint density at radius 3 is 2.52 bits per heavy atom. The molecule has 1 N–H and O–H groups in total. The van der Waals surface area contributed by atoms with Crippen molar-refractivity contribution in [2.24, 2.45) is 0 Å². The number of carbonyl (C=O) groups is 1. The number of rotatable bonds is 7. The zero-order chi connectivity index (χ0) is 19.2. The highest BCUT2D eigenvalue weighted by Crippen LogP contribution is 2.27. The summed E-state index contributed by atoms with van der Waals surface area (Å²) in [5.74, 6) is 0.810. The van der Waals surface area contributed by atoms with Crippen LogP contribution in [0, 0.1) is 6.92 Å². The standard InChI is InChI=1S/C22H24N2O2S/c1-15(9-10-17-11-13-19(26-3)14-12-17)23-21(25)20-16(2)24-22(27-20)18-7-5-4-6-8-18/h4-8,11-15H,9-10H2,1-3H3,(H,23,25). The van der Waals surface area contributed by atoms with Gasteiger partial charge in [0.05, 0.1) is 12.8 Å². The van der Waals surface area contributed by atoms with Gasteiger partial charge in [0, 0.05) is 11.6 Å². The molecule has 0 aliphatic rings. The van der Waals surface area contributed by atoms with E-state index in [-0.39, 0.29) is 11.9 Å². The highest BCUT2D eigenvalue weighted by Gasteiger charge is 2.17. The molecular weight excluding hydrogens is 356 g/mol. The van der Waals surface area contributed by atoms with Gasteiger partial charge in [-0.05, 0) is 44.4 Å². The maximum atomic E-state index is 12.7. The van der Waals surface area contributed by atoms with Crippen LogP contribution in [0.3, 0.4) is 0 Å². The van der Waals surface area contributed by atoms with E-state index in [1.54, 1.807) is 7.11 Å². The maximum Gasteiger partial charge on any atom is 0.263 e. The van der Waals surface area contributed by atoms with Crippen molar-refractivity contribution < 1.29 is 9.53 Å². The second-order valence-electron chi connectivity index (χ2n) is 6.56. The average molecular weight is 381 g/mol. The summed E-state index contributed by atoms with van der Waals surface area (Å²) in [6.07, 6.45) is 1.78. The number of carbonyl (C=O) groups excluding carboxylic acids is 1. The Hall–Kier alpha value is -2.66. The van der Waals surface area contributed by atoms with Gasteiger partial charge in [-0.3, -0.25) is 4.79 Å². The topological polar surface area (TPSA) is 51.2 Å². The number of hydrogen-bond donors (Lipinski definition) is 1. The van der Waals surface area contributed by atoms with E-state index in [4.69, 9.17) is 4.74 Å². The maximum absolute atomic E-state index is 12.7. The second kappa shape index (κ2) is 8.82. The average Bonchev–Trinajstić information content (AvgIpc) is 3.09. The molecule has 0 fully saturated rings. The van der Waals surface area contributed by atoms with Gasteiger partial charge < -0.3 is 10.1 Å². The van der Waals surface area contributed by atoms with Crippen molar-refractivity contribution in [2.45, 2.75) is 32.7 Å². The van der Waals surface area contributed by atoms with Crippen molar-refractivity contribution in [3.63, 3.8) is 0 Å². The summed E-state index contributed by atoms with van der Waals surface area (Å²) in [7, 11) is 1.66. The summed E-state index contributed by atoms with van der Waals surface area (Å²) in [5, 5.41) is 3.98. The van der Waals surface area contributed by atoms with E-state index >= 15 is 0 Å². The van der Waals surface area contributed by atoms with Crippen molar-refractivity contribution in [1.82, 2.24) is 10.3 Å². The van der Waals surface area contributed by atoms with Crippen molar-refractivity contribution >= 4 is 17.2 Å². The normalized spacial score (nSPS) is 11.8. The third-order valence-corrected chi connectivity index (χ3v) is 5.63. The first-order valence-corrected chi connectivity index (χ1v) is 9.85.